The van der Waals surface area contributed by atoms with E-state index in [1.807, 2.05) is 0 Å². The molecular weight excluding hydrogens is 249 g/mol. The Morgan fingerprint density at radius 2 is 2.17 bits per heavy atom. The number of nitrogen functional groups attached to an aromatic ring is 1. The van der Waals surface area contributed by atoms with E-state index < -0.39 is 12.0 Å². The molecule has 1 aromatic heterocycles. The number of alkyl halides is 3. The zero-order chi connectivity index (χ0) is 13.2. The molecule has 0 radical (unpaired) electrons. The van der Waals surface area contributed by atoms with Crippen LogP contribution >= 0.6 is 0 Å². The van der Waals surface area contributed by atoms with Crippen molar-refractivity contribution < 1.29 is 17.9 Å². The molecule has 5 nitrogen and oxygen atoms in total. The van der Waals surface area contributed by atoms with E-state index in [0.29, 0.717) is 13.2 Å². The molecule has 0 aromatic carbocycles. The van der Waals surface area contributed by atoms with Gasteiger partial charge in [-0.3, -0.25) is 0 Å². The Bertz CT molecular complexity index is 418. The fourth-order valence-electron chi connectivity index (χ4n) is 1.73. The summed E-state index contributed by atoms with van der Waals surface area (Å²) in [5, 5.41) is 2.88. The number of nitrogens with two attached hydrogens (primary N) is 1. The fourth-order valence-corrected chi connectivity index (χ4v) is 1.73. The predicted octanol–water partition coefficient (Wildman–Crippen LogP) is 1.67. The van der Waals surface area contributed by atoms with Crippen molar-refractivity contribution in [2.75, 3.05) is 24.3 Å². The van der Waals surface area contributed by atoms with Crippen LogP contribution in [0.4, 0.5) is 24.8 Å². The second-order valence-electron chi connectivity index (χ2n) is 4.06. The molecule has 1 unspecified atom stereocenters. The van der Waals surface area contributed by atoms with Gasteiger partial charge in [-0.25, -0.2) is 9.97 Å². The van der Waals surface area contributed by atoms with E-state index >= 15 is 0 Å². The lowest BCUT2D eigenvalue weighted by atomic mass is 10.1. The van der Waals surface area contributed by atoms with Crippen LogP contribution in [0.1, 0.15) is 18.7 Å². The van der Waals surface area contributed by atoms with Gasteiger partial charge in [0.1, 0.15) is 11.6 Å². The Hall–Kier alpha value is -1.57. The summed E-state index contributed by atoms with van der Waals surface area (Å²) in [6, 6.07) is 1.23. The largest absolute Gasteiger partial charge is 0.451 e. The first-order chi connectivity index (χ1) is 8.45. The van der Waals surface area contributed by atoms with E-state index in [9.17, 15) is 13.2 Å². The number of aromatic nitrogens is 2. The molecule has 18 heavy (non-hydrogen) atoms. The highest BCUT2D eigenvalue weighted by molar-refractivity contribution is 5.45. The summed E-state index contributed by atoms with van der Waals surface area (Å²) in [6.07, 6.45) is -2.91. The predicted molar refractivity (Wildman–Crippen MR) is 58.9 cm³/mol. The molecule has 2 heterocycles. The fraction of sp³-hybridized carbons (Fsp3) is 0.600. The van der Waals surface area contributed by atoms with Gasteiger partial charge >= 0.3 is 6.18 Å². The van der Waals surface area contributed by atoms with E-state index in [1.54, 1.807) is 0 Å². The molecule has 0 aliphatic carbocycles. The van der Waals surface area contributed by atoms with E-state index in [4.69, 9.17) is 10.5 Å². The van der Waals surface area contributed by atoms with Crippen molar-refractivity contribution in [1.82, 2.24) is 9.97 Å². The van der Waals surface area contributed by atoms with Gasteiger partial charge in [-0.15, -0.1) is 0 Å². The lowest BCUT2D eigenvalue weighted by Gasteiger charge is -2.23. The first-order valence-electron chi connectivity index (χ1n) is 5.51. The van der Waals surface area contributed by atoms with Gasteiger partial charge in [0.15, 0.2) is 0 Å². The minimum Gasteiger partial charge on any atom is -0.384 e. The molecule has 0 saturated carbocycles. The summed E-state index contributed by atoms with van der Waals surface area (Å²) in [5.74, 6) is -1.37. The van der Waals surface area contributed by atoms with Gasteiger partial charge in [0.05, 0.1) is 12.6 Å². The number of ether oxygens (including phenoxy) is 1. The monoisotopic (exact) mass is 262 g/mol. The molecule has 1 aliphatic rings. The van der Waals surface area contributed by atoms with Crippen molar-refractivity contribution in [1.29, 1.82) is 0 Å². The summed E-state index contributed by atoms with van der Waals surface area (Å²) in [5.41, 5.74) is 5.34. The summed E-state index contributed by atoms with van der Waals surface area (Å²) in [4.78, 5) is 6.58. The Kier molecular flexibility index (Phi) is 3.55. The number of halogens is 3. The molecule has 0 bridgehead atoms. The van der Waals surface area contributed by atoms with Crippen LogP contribution in [0.3, 0.4) is 0 Å². The topological polar surface area (TPSA) is 73.1 Å². The van der Waals surface area contributed by atoms with Gasteiger partial charge in [-0.2, -0.15) is 13.2 Å². The molecule has 2 rings (SSSR count). The van der Waals surface area contributed by atoms with Gasteiger partial charge in [0, 0.05) is 12.7 Å². The SMILES string of the molecule is Nc1cc(NC2CCCOC2)nc(C(F)(F)F)n1. The van der Waals surface area contributed by atoms with E-state index in [1.165, 1.54) is 6.07 Å². The molecule has 0 spiro atoms. The molecule has 1 saturated heterocycles. The molecular formula is C10H13F3N4O. The average molecular weight is 262 g/mol. The standard InChI is InChI=1S/C10H13F3N4O/c11-10(12,13)9-16-7(14)4-8(17-9)15-6-2-1-3-18-5-6/h4,6H,1-3,5H2,(H3,14,15,16,17). The van der Waals surface area contributed by atoms with Gasteiger partial charge in [-0.05, 0) is 12.8 Å². The second kappa shape index (κ2) is 4.97. The van der Waals surface area contributed by atoms with Gasteiger partial charge in [0.2, 0.25) is 5.82 Å². The molecule has 1 atom stereocenters. The number of hydrogen-bond donors (Lipinski definition) is 2. The Labute approximate surface area is 102 Å². The number of anilines is 2. The maximum absolute atomic E-state index is 12.5. The third kappa shape index (κ3) is 3.22. The smallest absolute Gasteiger partial charge is 0.384 e. The van der Waals surface area contributed by atoms with Crippen LogP contribution in [-0.4, -0.2) is 29.2 Å². The van der Waals surface area contributed by atoms with Crippen molar-refractivity contribution >= 4 is 11.6 Å². The highest BCUT2D eigenvalue weighted by Crippen LogP contribution is 2.28. The van der Waals surface area contributed by atoms with Crippen molar-refractivity contribution in [2.24, 2.45) is 0 Å². The Balaban J connectivity index is 2.14. The number of hydrogen-bond acceptors (Lipinski definition) is 5. The van der Waals surface area contributed by atoms with Crippen molar-refractivity contribution in [3.05, 3.63) is 11.9 Å². The third-order valence-corrected chi connectivity index (χ3v) is 2.51. The van der Waals surface area contributed by atoms with Gasteiger partial charge in [0.25, 0.3) is 0 Å². The van der Waals surface area contributed by atoms with E-state index in [0.717, 1.165) is 12.8 Å². The highest BCUT2D eigenvalue weighted by atomic mass is 19.4. The maximum atomic E-state index is 12.5. The summed E-state index contributed by atoms with van der Waals surface area (Å²) in [6.45, 7) is 1.13. The summed E-state index contributed by atoms with van der Waals surface area (Å²) >= 11 is 0. The van der Waals surface area contributed by atoms with Crippen molar-refractivity contribution in [3.8, 4) is 0 Å². The molecule has 3 N–H and O–H groups in total. The number of nitrogens with zero attached hydrogens (tertiary/aromatic N) is 2. The molecule has 100 valence electrons. The van der Waals surface area contributed by atoms with Crippen LogP contribution in [-0.2, 0) is 10.9 Å². The van der Waals surface area contributed by atoms with Crippen molar-refractivity contribution in [3.63, 3.8) is 0 Å². The minimum atomic E-state index is -4.60. The van der Waals surface area contributed by atoms with Gasteiger partial charge < -0.3 is 15.8 Å². The molecule has 1 aromatic rings. The van der Waals surface area contributed by atoms with Crippen LogP contribution < -0.4 is 11.1 Å². The maximum Gasteiger partial charge on any atom is 0.451 e. The molecule has 0 amide bonds. The van der Waals surface area contributed by atoms with E-state index in [-0.39, 0.29) is 17.7 Å². The lowest BCUT2D eigenvalue weighted by molar-refractivity contribution is -0.144. The normalized spacial score (nSPS) is 20.7. The number of nitrogens with one attached hydrogen (secondary N) is 1. The van der Waals surface area contributed by atoms with Crippen LogP contribution in [0, 0.1) is 0 Å². The summed E-state index contributed by atoms with van der Waals surface area (Å²) < 4.78 is 42.7. The van der Waals surface area contributed by atoms with Crippen LogP contribution in [0.25, 0.3) is 0 Å². The van der Waals surface area contributed by atoms with Crippen LogP contribution in [0.15, 0.2) is 6.07 Å². The van der Waals surface area contributed by atoms with Crippen LogP contribution in [0.2, 0.25) is 0 Å². The molecule has 1 fully saturated rings. The van der Waals surface area contributed by atoms with E-state index in [2.05, 4.69) is 15.3 Å². The molecule has 8 heteroatoms. The second-order valence-corrected chi connectivity index (χ2v) is 4.06. The third-order valence-electron chi connectivity index (χ3n) is 2.51. The zero-order valence-corrected chi connectivity index (χ0v) is 9.50. The molecule has 1 aliphatic heterocycles. The quantitative estimate of drug-likeness (QED) is 0.848. The first kappa shape index (κ1) is 12.9. The first-order valence-corrected chi connectivity index (χ1v) is 5.51. The lowest BCUT2D eigenvalue weighted by Crippen LogP contribution is -2.30. The number of rotatable bonds is 2. The average Bonchev–Trinajstić information content (AvgIpc) is 2.28. The van der Waals surface area contributed by atoms with Crippen molar-refractivity contribution in [2.45, 2.75) is 25.1 Å². The van der Waals surface area contributed by atoms with Crippen LogP contribution in [0.5, 0.6) is 0 Å². The highest BCUT2D eigenvalue weighted by Gasteiger charge is 2.35. The Morgan fingerprint density at radius 1 is 1.39 bits per heavy atom. The summed E-state index contributed by atoms with van der Waals surface area (Å²) in [7, 11) is 0. The van der Waals surface area contributed by atoms with Gasteiger partial charge in [-0.1, -0.05) is 0 Å². The Morgan fingerprint density at radius 3 is 2.78 bits per heavy atom. The zero-order valence-electron chi connectivity index (χ0n) is 9.50. The minimum absolute atomic E-state index is 0.0471.